The zero-order chi connectivity index (χ0) is 14.0. The Morgan fingerprint density at radius 2 is 1.84 bits per heavy atom. The molecular formula is C12H8BrF3N2O. The van der Waals surface area contributed by atoms with Crippen molar-refractivity contribution in [1.82, 2.24) is 10.2 Å². The van der Waals surface area contributed by atoms with Gasteiger partial charge in [-0.05, 0) is 30.7 Å². The van der Waals surface area contributed by atoms with Crippen LogP contribution in [0.3, 0.4) is 0 Å². The van der Waals surface area contributed by atoms with Gasteiger partial charge in [-0.3, -0.25) is 0 Å². The molecule has 0 amide bonds. The summed E-state index contributed by atoms with van der Waals surface area (Å²) in [6.45, 7) is 1.82. The van der Waals surface area contributed by atoms with Gasteiger partial charge in [0.15, 0.2) is 5.69 Å². The van der Waals surface area contributed by atoms with Crippen LogP contribution in [0.4, 0.5) is 13.2 Å². The quantitative estimate of drug-likeness (QED) is 0.819. The van der Waals surface area contributed by atoms with E-state index in [9.17, 15) is 13.2 Å². The molecule has 7 heteroatoms. The van der Waals surface area contributed by atoms with Crippen molar-refractivity contribution in [3.63, 3.8) is 0 Å². The van der Waals surface area contributed by atoms with Crippen LogP contribution in [0, 0.1) is 6.92 Å². The zero-order valence-electron chi connectivity index (χ0n) is 9.70. The number of benzene rings is 1. The third-order valence-electron chi connectivity index (χ3n) is 2.30. The lowest BCUT2D eigenvalue weighted by Crippen LogP contribution is -2.08. The highest BCUT2D eigenvalue weighted by Crippen LogP contribution is 2.29. The van der Waals surface area contributed by atoms with E-state index in [0.29, 0.717) is 5.75 Å². The maximum absolute atomic E-state index is 12.3. The summed E-state index contributed by atoms with van der Waals surface area (Å²) in [6.07, 6.45) is -4.50. The van der Waals surface area contributed by atoms with Crippen molar-refractivity contribution in [3.05, 3.63) is 46.1 Å². The van der Waals surface area contributed by atoms with Crippen LogP contribution in [0.25, 0.3) is 0 Å². The smallest absolute Gasteiger partial charge is 0.435 e. The highest BCUT2D eigenvalue weighted by Gasteiger charge is 2.32. The molecule has 1 aromatic carbocycles. The first kappa shape index (κ1) is 13.8. The lowest BCUT2D eigenvalue weighted by Gasteiger charge is -2.09. The van der Waals surface area contributed by atoms with Crippen LogP contribution >= 0.6 is 15.9 Å². The van der Waals surface area contributed by atoms with Crippen molar-refractivity contribution in [2.24, 2.45) is 0 Å². The lowest BCUT2D eigenvalue weighted by molar-refractivity contribution is -0.141. The van der Waals surface area contributed by atoms with E-state index in [1.165, 1.54) is 0 Å². The van der Waals surface area contributed by atoms with Gasteiger partial charge in [0, 0.05) is 10.5 Å². The van der Waals surface area contributed by atoms with Crippen LogP contribution in [-0.2, 0) is 6.18 Å². The molecule has 0 bridgehead atoms. The fourth-order valence-electron chi connectivity index (χ4n) is 1.32. The van der Waals surface area contributed by atoms with Crippen LogP contribution in [0.2, 0.25) is 0 Å². The Morgan fingerprint density at radius 1 is 1.11 bits per heavy atom. The van der Waals surface area contributed by atoms with Crippen LogP contribution in [-0.4, -0.2) is 10.2 Å². The third-order valence-corrected chi connectivity index (χ3v) is 2.79. The summed E-state index contributed by atoms with van der Waals surface area (Å²) in [5, 5.41) is 6.49. The molecule has 0 aliphatic heterocycles. The number of halogens is 4. The fraction of sp³-hybridized carbons (Fsp3) is 0.167. The number of hydrogen-bond donors (Lipinski definition) is 0. The van der Waals surface area contributed by atoms with Gasteiger partial charge in [0.05, 0.1) is 0 Å². The molecule has 0 N–H and O–H groups in total. The van der Waals surface area contributed by atoms with Crippen LogP contribution in [0.1, 0.15) is 11.3 Å². The molecule has 1 heterocycles. The van der Waals surface area contributed by atoms with E-state index in [0.717, 1.165) is 22.2 Å². The van der Waals surface area contributed by atoms with E-state index >= 15 is 0 Å². The minimum atomic E-state index is -4.50. The molecule has 0 aliphatic carbocycles. The second-order valence-corrected chi connectivity index (χ2v) is 4.68. The Hall–Kier alpha value is -1.63. The number of alkyl halides is 3. The first-order valence-corrected chi connectivity index (χ1v) is 6.00. The molecule has 19 heavy (non-hydrogen) atoms. The molecule has 100 valence electrons. The number of rotatable bonds is 2. The summed E-state index contributed by atoms with van der Waals surface area (Å²) in [5.74, 6) is 0.512. The monoisotopic (exact) mass is 332 g/mol. The summed E-state index contributed by atoms with van der Waals surface area (Å²) >= 11 is 3.28. The summed E-state index contributed by atoms with van der Waals surface area (Å²) in [6, 6.07) is 7.32. The number of hydrogen-bond acceptors (Lipinski definition) is 3. The first-order chi connectivity index (χ1) is 8.86. The van der Waals surface area contributed by atoms with Crippen molar-refractivity contribution in [2.45, 2.75) is 13.1 Å². The minimum absolute atomic E-state index is 0.00852. The van der Waals surface area contributed by atoms with Gasteiger partial charge in [0.2, 0.25) is 5.88 Å². The van der Waals surface area contributed by atoms with Gasteiger partial charge < -0.3 is 4.74 Å². The van der Waals surface area contributed by atoms with E-state index in [4.69, 9.17) is 4.74 Å². The molecule has 0 atom stereocenters. The topological polar surface area (TPSA) is 35.0 Å². The fourth-order valence-corrected chi connectivity index (χ4v) is 1.66. The second-order valence-electron chi connectivity index (χ2n) is 3.77. The molecule has 0 fully saturated rings. The predicted molar refractivity (Wildman–Crippen MR) is 66.0 cm³/mol. The van der Waals surface area contributed by atoms with Crippen molar-refractivity contribution >= 4 is 15.9 Å². The molecule has 0 spiro atoms. The van der Waals surface area contributed by atoms with Gasteiger partial charge in [-0.25, -0.2) is 0 Å². The Balaban J connectivity index is 2.22. The van der Waals surface area contributed by atoms with Crippen molar-refractivity contribution < 1.29 is 17.9 Å². The van der Waals surface area contributed by atoms with E-state index in [-0.39, 0.29) is 5.88 Å². The molecule has 0 saturated carbocycles. The van der Waals surface area contributed by atoms with Gasteiger partial charge in [-0.15, -0.1) is 10.2 Å². The van der Waals surface area contributed by atoms with Gasteiger partial charge in [0.1, 0.15) is 5.75 Å². The molecular weight excluding hydrogens is 325 g/mol. The summed E-state index contributed by atoms with van der Waals surface area (Å²) in [7, 11) is 0. The normalized spacial score (nSPS) is 11.4. The van der Waals surface area contributed by atoms with Crippen molar-refractivity contribution in [2.75, 3.05) is 0 Å². The van der Waals surface area contributed by atoms with Crippen molar-refractivity contribution in [3.8, 4) is 11.6 Å². The predicted octanol–water partition coefficient (Wildman–Crippen LogP) is 4.36. The number of aromatic nitrogens is 2. The highest BCUT2D eigenvalue weighted by molar-refractivity contribution is 9.10. The van der Waals surface area contributed by atoms with Crippen molar-refractivity contribution in [1.29, 1.82) is 0 Å². The first-order valence-electron chi connectivity index (χ1n) is 5.21. The van der Waals surface area contributed by atoms with Gasteiger partial charge in [-0.2, -0.15) is 13.2 Å². The largest absolute Gasteiger partial charge is 0.437 e. The Morgan fingerprint density at radius 3 is 2.42 bits per heavy atom. The molecule has 1 aromatic heterocycles. The summed E-state index contributed by atoms with van der Waals surface area (Å²) in [5.41, 5.74) is -0.212. The van der Waals surface area contributed by atoms with E-state index in [2.05, 4.69) is 26.1 Å². The van der Waals surface area contributed by atoms with Gasteiger partial charge in [-0.1, -0.05) is 22.0 Å². The molecule has 2 aromatic rings. The zero-order valence-corrected chi connectivity index (χ0v) is 11.3. The highest BCUT2D eigenvalue weighted by atomic mass is 79.9. The van der Waals surface area contributed by atoms with E-state index in [1.807, 2.05) is 19.1 Å². The van der Waals surface area contributed by atoms with Gasteiger partial charge in [0.25, 0.3) is 0 Å². The standard InChI is InChI=1S/C12H8BrF3N2O/c1-7-2-3-8(13)6-9(7)19-11-5-4-10(17-18-11)12(14,15)16/h2-6H,1H3. The lowest BCUT2D eigenvalue weighted by atomic mass is 10.2. The molecule has 0 saturated heterocycles. The average molecular weight is 333 g/mol. The average Bonchev–Trinajstić information content (AvgIpc) is 2.33. The SMILES string of the molecule is Cc1ccc(Br)cc1Oc1ccc(C(F)(F)F)nn1. The summed E-state index contributed by atoms with van der Waals surface area (Å²) in [4.78, 5) is 0. The van der Waals surface area contributed by atoms with E-state index < -0.39 is 11.9 Å². The number of ether oxygens (including phenoxy) is 1. The van der Waals surface area contributed by atoms with Crippen LogP contribution in [0.15, 0.2) is 34.8 Å². The third kappa shape index (κ3) is 3.44. The molecule has 2 rings (SSSR count). The molecule has 3 nitrogen and oxygen atoms in total. The van der Waals surface area contributed by atoms with Gasteiger partial charge >= 0.3 is 6.18 Å². The Labute approximate surface area is 115 Å². The second kappa shape index (κ2) is 5.16. The maximum Gasteiger partial charge on any atom is 0.435 e. The molecule has 0 aliphatic rings. The van der Waals surface area contributed by atoms with Crippen LogP contribution < -0.4 is 4.74 Å². The Kier molecular flexibility index (Phi) is 3.75. The number of aryl methyl sites for hydroxylation is 1. The minimum Gasteiger partial charge on any atom is -0.437 e. The van der Waals surface area contributed by atoms with E-state index in [1.54, 1.807) is 6.07 Å². The molecule has 0 radical (unpaired) electrons. The Bertz CT molecular complexity index is 585. The molecule has 0 unspecified atom stereocenters. The number of nitrogens with zero attached hydrogens (tertiary/aromatic N) is 2. The van der Waals surface area contributed by atoms with Crippen LogP contribution in [0.5, 0.6) is 11.6 Å². The summed E-state index contributed by atoms with van der Waals surface area (Å²) < 4.78 is 43.1. The maximum atomic E-state index is 12.3.